The Bertz CT molecular complexity index is 145. The number of rotatable bonds is 0. The number of hydrogen-bond donors (Lipinski definition) is 0. The second-order valence-electron chi connectivity index (χ2n) is 1.13. The van der Waals surface area contributed by atoms with E-state index in [1.807, 2.05) is 0 Å². The molecule has 0 saturated heterocycles. The monoisotopic (exact) mass is 118 g/mol. The van der Waals surface area contributed by atoms with Crippen LogP contribution in [0.3, 0.4) is 0 Å². The molecule has 0 amide bonds. The van der Waals surface area contributed by atoms with Crippen molar-refractivity contribution in [2.75, 3.05) is 0 Å². The molecule has 4 heteroatoms. The lowest BCUT2D eigenvalue weighted by Gasteiger charge is -1.69. The van der Waals surface area contributed by atoms with Gasteiger partial charge < -0.3 is 4.52 Å². The smallest absolute Gasteiger partial charge is 0.249 e. The summed E-state index contributed by atoms with van der Waals surface area (Å²) in [5.74, 6) is 0. The topological polar surface area (TPSA) is 38.9 Å². The first-order valence-corrected chi connectivity index (χ1v) is 2.13. The molecule has 0 saturated carbocycles. The molecule has 1 aromatic rings. The van der Waals surface area contributed by atoms with Crippen molar-refractivity contribution in [3.05, 3.63) is 10.9 Å². The van der Waals surface area contributed by atoms with Crippen molar-refractivity contribution in [3.8, 4) is 0 Å². The highest BCUT2D eigenvalue weighted by atomic mass is 35.5. The van der Waals surface area contributed by atoms with Gasteiger partial charge in [0, 0.05) is 5.27 Å². The van der Waals surface area contributed by atoms with Gasteiger partial charge in [-0.25, -0.2) is 0 Å². The van der Waals surface area contributed by atoms with E-state index >= 15 is 0 Å². The minimum absolute atomic E-state index is 0.264. The third-order valence-electron chi connectivity index (χ3n) is 0.596. The summed E-state index contributed by atoms with van der Waals surface area (Å²) >= 11 is 5.33. The Hall–Kier alpha value is -0.570. The van der Waals surface area contributed by atoms with Gasteiger partial charge >= 0.3 is 0 Å². The van der Waals surface area contributed by atoms with E-state index in [0.29, 0.717) is 5.69 Å². The first-order chi connectivity index (χ1) is 3.30. The minimum Gasteiger partial charge on any atom is -0.325 e. The largest absolute Gasteiger partial charge is 0.325 e. The molecule has 3 nitrogen and oxygen atoms in total. The molecule has 0 aliphatic rings. The molecule has 1 rings (SSSR count). The van der Waals surface area contributed by atoms with E-state index in [1.165, 1.54) is 0 Å². The summed E-state index contributed by atoms with van der Waals surface area (Å²) in [4.78, 5) is 0. The van der Waals surface area contributed by atoms with Crippen molar-refractivity contribution in [1.29, 1.82) is 0 Å². The molecule has 0 spiro atoms. The lowest BCUT2D eigenvalue weighted by molar-refractivity contribution is 0.394. The average molecular weight is 119 g/mol. The number of aromatic nitrogens is 2. The fourth-order valence-electron chi connectivity index (χ4n) is 0.223. The van der Waals surface area contributed by atoms with Gasteiger partial charge in [0.2, 0.25) is 5.22 Å². The molecule has 0 radical (unpaired) electrons. The quantitative estimate of drug-likeness (QED) is 0.511. The van der Waals surface area contributed by atoms with Crippen LogP contribution in [0.25, 0.3) is 0 Å². The van der Waals surface area contributed by atoms with Crippen LogP contribution in [0.1, 0.15) is 5.69 Å². The lowest BCUT2D eigenvalue weighted by atomic mass is 10.6. The van der Waals surface area contributed by atoms with Crippen LogP contribution in [-0.2, 0) is 0 Å². The van der Waals surface area contributed by atoms with E-state index in [-0.39, 0.29) is 5.22 Å². The van der Waals surface area contributed by atoms with Crippen LogP contribution < -0.4 is 0 Å². The van der Waals surface area contributed by atoms with E-state index in [1.54, 1.807) is 6.92 Å². The van der Waals surface area contributed by atoms with Gasteiger partial charge in [-0.05, 0) is 18.5 Å². The molecule has 0 aliphatic carbocycles. The van der Waals surface area contributed by atoms with E-state index < -0.39 is 0 Å². The maximum Gasteiger partial charge on any atom is 0.249 e. The highest BCUT2D eigenvalue weighted by Gasteiger charge is 1.96. The standard InChI is InChI=1S/C3H3ClN2O/c1-2-3(4)7-6-5-2/h1H3. The van der Waals surface area contributed by atoms with Crippen molar-refractivity contribution in [1.82, 2.24) is 10.4 Å². The van der Waals surface area contributed by atoms with Gasteiger partial charge in [-0.15, -0.1) is 5.10 Å². The van der Waals surface area contributed by atoms with Gasteiger partial charge in [-0.2, -0.15) is 0 Å². The molecule has 0 bridgehead atoms. The molecule has 0 N–H and O–H groups in total. The highest BCUT2D eigenvalue weighted by molar-refractivity contribution is 6.29. The van der Waals surface area contributed by atoms with Crippen LogP contribution in [0.5, 0.6) is 0 Å². The van der Waals surface area contributed by atoms with Crippen molar-refractivity contribution in [2.45, 2.75) is 6.92 Å². The van der Waals surface area contributed by atoms with Crippen LogP contribution in [0.2, 0.25) is 5.22 Å². The van der Waals surface area contributed by atoms with E-state index in [2.05, 4.69) is 14.9 Å². The van der Waals surface area contributed by atoms with Gasteiger partial charge in [0.05, 0.1) is 0 Å². The van der Waals surface area contributed by atoms with Crippen LogP contribution in [0, 0.1) is 6.92 Å². The van der Waals surface area contributed by atoms with Gasteiger partial charge in [0.25, 0.3) is 0 Å². The predicted molar refractivity (Wildman–Crippen MR) is 24.0 cm³/mol. The second kappa shape index (κ2) is 1.50. The zero-order valence-electron chi connectivity index (χ0n) is 3.68. The summed E-state index contributed by atoms with van der Waals surface area (Å²) in [6, 6.07) is 0. The second-order valence-corrected chi connectivity index (χ2v) is 1.48. The lowest BCUT2D eigenvalue weighted by Crippen LogP contribution is -1.67. The third kappa shape index (κ3) is 0.718. The number of halogens is 1. The number of nitrogens with zero attached hydrogens (tertiary/aromatic N) is 2. The first kappa shape index (κ1) is 4.59. The van der Waals surface area contributed by atoms with E-state index in [0.717, 1.165) is 0 Å². The predicted octanol–water partition coefficient (Wildman–Crippen LogP) is 1.03. The van der Waals surface area contributed by atoms with Crippen LogP contribution in [0.4, 0.5) is 0 Å². The van der Waals surface area contributed by atoms with Crippen LogP contribution >= 0.6 is 11.6 Å². The summed E-state index contributed by atoms with van der Waals surface area (Å²) in [5.41, 5.74) is 0.627. The molecule has 0 fully saturated rings. The minimum atomic E-state index is 0.264. The maximum atomic E-state index is 5.33. The molecular formula is C3H3ClN2O. The number of aryl methyl sites for hydroxylation is 1. The fourth-order valence-corrected chi connectivity index (χ4v) is 0.292. The third-order valence-corrected chi connectivity index (χ3v) is 0.939. The molecule has 0 aromatic carbocycles. The Morgan fingerprint density at radius 1 is 1.71 bits per heavy atom. The molecule has 0 unspecified atom stereocenters. The Labute approximate surface area is 45.3 Å². The zero-order valence-corrected chi connectivity index (χ0v) is 4.44. The Morgan fingerprint density at radius 2 is 2.43 bits per heavy atom. The van der Waals surface area contributed by atoms with Crippen molar-refractivity contribution in [3.63, 3.8) is 0 Å². The SMILES string of the molecule is Cc1nnoc1Cl. The van der Waals surface area contributed by atoms with Gasteiger partial charge in [-0.1, -0.05) is 0 Å². The summed E-state index contributed by atoms with van der Waals surface area (Å²) in [7, 11) is 0. The molecule has 1 aromatic heterocycles. The average Bonchev–Trinajstić information content (AvgIpc) is 1.91. The Kier molecular flexibility index (Phi) is 0.982. The van der Waals surface area contributed by atoms with Gasteiger partial charge in [0.15, 0.2) is 0 Å². The molecule has 0 atom stereocenters. The molecule has 1 heterocycles. The zero-order chi connectivity index (χ0) is 5.28. The van der Waals surface area contributed by atoms with Crippen LogP contribution in [0.15, 0.2) is 4.52 Å². The molecule has 7 heavy (non-hydrogen) atoms. The number of hydrogen-bond acceptors (Lipinski definition) is 3. The summed E-state index contributed by atoms with van der Waals surface area (Å²) in [5, 5.41) is 6.90. The fraction of sp³-hybridized carbons (Fsp3) is 0.333. The molecule has 38 valence electrons. The van der Waals surface area contributed by atoms with Crippen LogP contribution in [-0.4, -0.2) is 10.4 Å². The first-order valence-electron chi connectivity index (χ1n) is 1.75. The Balaban J connectivity index is 3.12. The Morgan fingerprint density at radius 3 is 2.57 bits per heavy atom. The van der Waals surface area contributed by atoms with Crippen molar-refractivity contribution in [2.24, 2.45) is 0 Å². The van der Waals surface area contributed by atoms with E-state index in [9.17, 15) is 0 Å². The van der Waals surface area contributed by atoms with E-state index in [4.69, 9.17) is 11.6 Å². The summed E-state index contributed by atoms with van der Waals surface area (Å²) in [6.07, 6.45) is 0. The van der Waals surface area contributed by atoms with Gasteiger partial charge in [-0.3, -0.25) is 0 Å². The summed E-state index contributed by atoms with van der Waals surface area (Å²) in [6.45, 7) is 1.72. The summed E-state index contributed by atoms with van der Waals surface area (Å²) < 4.78 is 4.37. The normalized spacial score (nSPS) is 9.43. The molecular weight excluding hydrogens is 115 g/mol. The highest BCUT2D eigenvalue weighted by Crippen LogP contribution is 2.07. The molecule has 0 aliphatic heterocycles. The van der Waals surface area contributed by atoms with Gasteiger partial charge in [0.1, 0.15) is 5.69 Å². The maximum absolute atomic E-state index is 5.33. The van der Waals surface area contributed by atoms with Crippen molar-refractivity contribution >= 4 is 11.6 Å². The van der Waals surface area contributed by atoms with Crippen molar-refractivity contribution < 1.29 is 4.52 Å².